The van der Waals surface area contributed by atoms with Crippen molar-refractivity contribution < 1.29 is 56.2 Å². The number of aromatic hydroxyl groups is 11. The van der Waals surface area contributed by atoms with Crippen molar-refractivity contribution in [2.75, 3.05) is 0 Å². The predicted octanol–water partition coefficient (Wildman–Crippen LogP) is 16.1. The zero-order valence-electron chi connectivity index (χ0n) is 52.9. The second-order valence-corrected chi connectivity index (χ2v) is 26.6. The van der Waals surface area contributed by atoms with Crippen LogP contribution in [0.3, 0.4) is 0 Å². The van der Waals surface area contributed by atoms with Crippen molar-refractivity contribution in [3.8, 4) is 85.5 Å². The Kier molecular flexibility index (Phi) is 15.4. The van der Waals surface area contributed by atoms with Crippen LogP contribution in [0.2, 0.25) is 0 Å². The molecule has 0 amide bonds. The molecule has 11 N–H and O–H groups in total. The molecule has 12 aromatic rings. The van der Waals surface area contributed by atoms with E-state index in [4.69, 9.17) is 0 Å². The van der Waals surface area contributed by atoms with Crippen molar-refractivity contribution in [2.24, 2.45) is 0 Å². The largest absolute Gasteiger partial charge is 0.508 e. The summed E-state index contributed by atoms with van der Waals surface area (Å²) in [4.78, 5) is 0. The highest BCUT2D eigenvalue weighted by Gasteiger charge is 2.29. The molecule has 0 radical (unpaired) electrons. The molecular formula is C85H70O11. The molecule has 0 aromatic heterocycles. The van der Waals surface area contributed by atoms with Gasteiger partial charge in [0.25, 0.3) is 0 Å². The smallest absolute Gasteiger partial charge is 0.126 e. The van der Waals surface area contributed by atoms with Gasteiger partial charge in [0, 0.05) is 63.4 Å². The van der Waals surface area contributed by atoms with Gasteiger partial charge in [-0.25, -0.2) is 0 Å². The summed E-state index contributed by atoms with van der Waals surface area (Å²) in [6.45, 7) is 2.06. The number of hydrogen-bond donors (Lipinski definition) is 11. The first-order chi connectivity index (χ1) is 46.4. The lowest BCUT2D eigenvalue weighted by molar-refractivity contribution is 0.454. The monoisotopic (exact) mass is 1270 g/mol. The van der Waals surface area contributed by atoms with Gasteiger partial charge < -0.3 is 56.2 Å². The van der Waals surface area contributed by atoms with Gasteiger partial charge in [0.1, 0.15) is 63.2 Å². The van der Waals surface area contributed by atoms with Crippen molar-refractivity contribution in [3.63, 3.8) is 0 Å². The summed E-state index contributed by atoms with van der Waals surface area (Å²) in [5, 5.41) is 130. The third-order valence-corrected chi connectivity index (χ3v) is 19.9. The zero-order valence-corrected chi connectivity index (χ0v) is 52.9. The molecule has 0 spiro atoms. The van der Waals surface area contributed by atoms with E-state index in [1.165, 1.54) is 0 Å². The average Bonchev–Trinajstić information content (AvgIpc) is 0.736. The van der Waals surface area contributed by atoms with Crippen molar-refractivity contribution in [1.82, 2.24) is 0 Å². The van der Waals surface area contributed by atoms with Crippen LogP contribution in [-0.2, 0) is 77.0 Å². The maximum atomic E-state index is 13.2. The van der Waals surface area contributed by atoms with Crippen molar-refractivity contribution >= 4 is 0 Å². The molecule has 0 atom stereocenters. The zero-order chi connectivity index (χ0) is 66.2. The number of phenolic OH excluding ortho intramolecular Hbond substituents is 11. The Bertz CT molecular complexity index is 5160. The van der Waals surface area contributed by atoms with E-state index in [0.717, 1.165) is 89.0 Å². The SMILES string of the molecule is Cc1c2cc3c(c1-c1cc4cc(c1O)Cc1cc(c(O)c(c1)Cc1cc(Cc5ccc(O)cc5)cc(c1O)Cc1ccc(cc1O)Cc1cc(Cc5ccccc5O)cc(c1O)Cc1cc(ccc1O)Cc1ccc(O)cc1C2)Cc1ccc(O)c(c1)C4)-c1ccc(O)c(c1)C3. The molecule has 0 saturated heterocycles. The third kappa shape index (κ3) is 11.9. The second-order valence-electron chi connectivity index (χ2n) is 26.6. The summed E-state index contributed by atoms with van der Waals surface area (Å²) in [7, 11) is 0. The molecule has 4 aliphatic rings. The van der Waals surface area contributed by atoms with Gasteiger partial charge in [-0.1, -0.05) is 127 Å². The highest BCUT2D eigenvalue weighted by Crippen LogP contribution is 2.50. The fourth-order valence-electron chi connectivity index (χ4n) is 15.0. The van der Waals surface area contributed by atoms with E-state index in [2.05, 4.69) is 13.0 Å². The molecule has 12 aromatic carbocycles. The summed E-state index contributed by atoms with van der Waals surface area (Å²) >= 11 is 0. The van der Waals surface area contributed by atoms with Gasteiger partial charge in [0.2, 0.25) is 0 Å². The van der Waals surface area contributed by atoms with Crippen LogP contribution in [0.1, 0.15) is 139 Å². The molecular weight excluding hydrogens is 1200 g/mol. The lowest BCUT2D eigenvalue weighted by Crippen LogP contribution is -2.08. The molecule has 0 aliphatic heterocycles. The summed E-state index contributed by atoms with van der Waals surface area (Å²) in [6.07, 6.45) is 3.38. The summed E-state index contributed by atoms with van der Waals surface area (Å²) in [5.41, 5.74) is 21.5. The van der Waals surface area contributed by atoms with Crippen LogP contribution < -0.4 is 0 Å². The van der Waals surface area contributed by atoms with Gasteiger partial charge in [-0.2, -0.15) is 0 Å². The highest BCUT2D eigenvalue weighted by atomic mass is 16.3. The van der Waals surface area contributed by atoms with Crippen LogP contribution in [0, 0.1) is 6.92 Å². The first-order valence-corrected chi connectivity index (χ1v) is 32.5. The number of rotatable bonds is 4. The average molecular weight is 1270 g/mol. The van der Waals surface area contributed by atoms with Crippen LogP contribution >= 0.6 is 0 Å². The fraction of sp³-hybridized carbons (Fsp3) is 0.153. The van der Waals surface area contributed by atoms with Crippen LogP contribution in [-0.4, -0.2) is 56.2 Å². The maximum Gasteiger partial charge on any atom is 0.126 e. The predicted molar refractivity (Wildman–Crippen MR) is 372 cm³/mol. The van der Waals surface area contributed by atoms with Gasteiger partial charge in [-0.3, -0.25) is 0 Å². The minimum atomic E-state index is -0.0237. The van der Waals surface area contributed by atoms with Crippen molar-refractivity contribution in [1.29, 1.82) is 0 Å². The minimum absolute atomic E-state index is 0.0144. The highest BCUT2D eigenvalue weighted by molar-refractivity contribution is 5.93. The second kappa shape index (κ2) is 24.4. The molecule has 20 bridgehead atoms. The standard InChI is InChI=1S/C85H70O11/c1-46-59-40-60-45-73(87)16-12-55(60)21-48-9-18-77(90)62(23-48)43-69-33-52(26-56-4-2-3-5-75(56)88)30-66(82(69)93)25-50-6-11-57(79(92)37-50)38-68-28-51(20-47-7-14-72(86)15-8-47)29-70(84(68)95)44-71-34-53-31-65(83(71)94)24-49-10-17-76(89)61(22-49)27-54-35-67(32-53)85(96)74(36-54)80(46)81-58-13-19-78(91)63(39-58)42-64(81)41-59/h2-19,22-23,28-31,33-37,39,41,45,86-96H,20-21,24-27,32,38,40,42-44H2,1H3. The van der Waals surface area contributed by atoms with Gasteiger partial charge in [0.05, 0.1) is 0 Å². The normalized spacial score (nSPS) is 13.2. The van der Waals surface area contributed by atoms with E-state index in [-0.39, 0.29) is 95.3 Å². The first-order valence-electron chi connectivity index (χ1n) is 32.5. The summed E-state index contributed by atoms with van der Waals surface area (Å²) < 4.78 is 0. The number of phenols is 11. The lowest BCUT2D eigenvalue weighted by atomic mass is 9.77. The molecule has 0 heterocycles. The Morgan fingerprint density at radius 2 is 0.708 bits per heavy atom. The van der Waals surface area contributed by atoms with Crippen LogP contribution in [0.4, 0.5) is 0 Å². The van der Waals surface area contributed by atoms with E-state index in [1.807, 2.05) is 127 Å². The van der Waals surface area contributed by atoms with Gasteiger partial charge in [0.15, 0.2) is 0 Å². The van der Waals surface area contributed by atoms with E-state index in [9.17, 15) is 56.2 Å². The molecule has 16 rings (SSSR count). The molecule has 96 heavy (non-hydrogen) atoms. The van der Waals surface area contributed by atoms with E-state index in [1.54, 1.807) is 60.7 Å². The summed E-state index contributed by atoms with van der Waals surface area (Å²) in [5.74, 6) is 0.748. The van der Waals surface area contributed by atoms with Crippen molar-refractivity contribution in [3.05, 3.63) is 333 Å². The van der Waals surface area contributed by atoms with E-state index < -0.39 is 0 Å². The Morgan fingerprint density at radius 3 is 1.38 bits per heavy atom. The third-order valence-electron chi connectivity index (χ3n) is 19.9. The Balaban J connectivity index is 0.932. The quantitative estimate of drug-likeness (QED) is 0.0795. The van der Waals surface area contributed by atoms with Crippen molar-refractivity contribution in [2.45, 2.75) is 84.0 Å². The molecule has 4 aliphatic carbocycles. The Labute approximate surface area is 556 Å². The molecule has 0 unspecified atom stereocenters. The number of benzene rings is 12. The fourth-order valence-corrected chi connectivity index (χ4v) is 15.0. The molecule has 0 fully saturated rings. The van der Waals surface area contributed by atoms with Crippen LogP contribution in [0.15, 0.2) is 194 Å². The van der Waals surface area contributed by atoms with E-state index in [0.29, 0.717) is 117 Å². The molecule has 0 saturated carbocycles. The Morgan fingerprint density at radius 1 is 0.250 bits per heavy atom. The van der Waals surface area contributed by atoms with Gasteiger partial charge in [-0.15, -0.1) is 0 Å². The molecule has 11 heteroatoms. The minimum Gasteiger partial charge on any atom is -0.508 e. The number of fused-ring (bicyclic) bond motifs is 10. The number of para-hydroxylation sites is 1. The topological polar surface area (TPSA) is 223 Å². The maximum absolute atomic E-state index is 13.2. The Hall–Kier alpha value is -11.6. The lowest BCUT2D eigenvalue weighted by Gasteiger charge is -2.27. The first kappa shape index (κ1) is 60.7. The van der Waals surface area contributed by atoms with E-state index >= 15 is 0 Å². The summed E-state index contributed by atoms with van der Waals surface area (Å²) in [6, 6.07) is 59.2. The van der Waals surface area contributed by atoms with Gasteiger partial charge >= 0.3 is 0 Å². The van der Waals surface area contributed by atoms with Crippen LogP contribution in [0.5, 0.6) is 63.2 Å². The molecule has 476 valence electrons. The van der Waals surface area contributed by atoms with Gasteiger partial charge in [-0.05, 0) is 249 Å². The number of hydrogen-bond acceptors (Lipinski definition) is 11. The molecule has 11 nitrogen and oxygen atoms in total. The van der Waals surface area contributed by atoms with Crippen LogP contribution in [0.25, 0.3) is 22.3 Å².